The van der Waals surface area contributed by atoms with Gasteiger partial charge in [-0.25, -0.2) is 4.98 Å². The molecule has 0 amide bonds. The molecule has 0 spiro atoms. The standard InChI is InChI=1S/C36H49N5/c1-6-33-27(4)20-32(23-38-33)36-16-13-35(14-17-36,15-18-36)25-40(28(5)29-10-8-7-9-11-29)34-21-30(12-19-37-34)31-22-39-41(24-31)26(2)3/h12,19-24,26,29H,5-11,13-18,25H2,1-4H3. The molecule has 3 aromatic rings. The van der Waals surface area contributed by atoms with Gasteiger partial charge < -0.3 is 4.90 Å². The average Bonchev–Trinajstić information content (AvgIpc) is 3.52. The predicted molar refractivity (Wildman–Crippen MR) is 169 cm³/mol. The molecule has 0 aromatic carbocycles. The second-order valence-corrected chi connectivity index (χ2v) is 13.7. The summed E-state index contributed by atoms with van der Waals surface area (Å²) in [5.41, 5.74) is 8.36. The first-order chi connectivity index (χ1) is 19.8. The first-order valence-corrected chi connectivity index (χ1v) is 16.2. The Morgan fingerprint density at radius 2 is 1.73 bits per heavy atom. The molecule has 0 unspecified atom stereocenters. The Morgan fingerprint density at radius 1 is 1.00 bits per heavy atom. The van der Waals surface area contributed by atoms with E-state index in [1.54, 1.807) is 0 Å². The van der Waals surface area contributed by atoms with E-state index in [-0.39, 0.29) is 0 Å². The van der Waals surface area contributed by atoms with Crippen LogP contribution in [0.4, 0.5) is 5.82 Å². The van der Waals surface area contributed by atoms with Crippen molar-refractivity contribution < 1.29 is 0 Å². The maximum absolute atomic E-state index is 4.98. The van der Waals surface area contributed by atoms with Gasteiger partial charge in [0.15, 0.2) is 0 Å². The van der Waals surface area contributed by atoms with Gasteiger partial charge in [-0.05, 0) is 124 Å². The Kier molecular flexibility index (Phi) is 7.82. The second kappa shape index (κ2) is 11.4. The third-order valence-electron chi connectivity index (χ3n) is 10.9. The highest BCUT2D eigenvalue weighted by atomic mass is 15.3. The van der Waals surface area contributed by atoms with Crippen molar-refractivity contribution in [3.8, 4) is 11.1 Å². The summed E-state index contributed by atoms with van der Waals surface area (Å²) in [7, 11) is 0. The molecule has 0 saturated heterocycles. The summed E-state index contributed by atoms with van der Waals surface area (Å²) >= 11 is 0. The van der Waals surface area contributed by atoms with Crippen molar-refractivity contribution in [3.05, 3.63) is 72.1 Å². The number of hydrogen-bond acceptors (Lipinski definition) is 4. The van der Waals surface area contributed by atoms with Crippen LogP contribution in [0.1, 0.15) is 114 Å². The maximum atomic E-state index is 4.98. The number of aryl methyl sites for hydroxylation is 2. The number of allylic oxidation sites excluding steroid dienone is 1. The van der Waals surface area contributed by atoms with Crippen molar-refractivity contribution in [2.75, 3.05) is 11.4 Å². The van der Waals surface area contributed by atoms with Crippen LogP contribution in [-0.2, 0) is 11.8 Å². The summed E-state index contributed by atoms with van der Waals surface area (Å²) in [5.74, 6) is 1.62. The van der Waals surface area contributed by atoms with Crippen molar-refractivity contribution in [2.45, 2.75) is 116 Å². The summed E-state index contributed by atoms with van der Waals surface area (Å²) in [5, 5.41) is 4.61. The lowest BCUT2D eigenvalue weighted by atomic mass is 9.52. The highest BCUT2D eigenvalue weighted by Gasteiger charge is 2.50. The van der Waals surface area contributed by atoms with Gasteiger partial charge in [0, 0.05) is 48.1 Å². The Labute approximate surface area is 247 Å². The van der Waals surface area contributed by atoms with E-state index in [4.69, 9.17) is 16.5 Å². The van der Waals surface area contributed by atoms with E-state index in [0.717, 1.165) is 24.3 Å². The van der Waals surface area contributed by atoms with E-state index in [9.17, 15) is 0 Å². The summed E-state index contributed by atoms with van der Waals surface area (Å²) < 4.78 is 2.04. The van der Waals surface area contributed by atoms with Gasteiger partial charge in [-0.3, -0.25) is 9.67 Å². The monoisotopic (exact) mass is 551 g/mol. The SMILES string of the molecule is C=C(C1CCCCC1)N(CC12CCC(c3cnc(CC)c(C)c3)(CC1)CC2)c1cc(-c2cnn(C(C)C)c2)ccn1. The molecule has 4 fully saturated rings. The molecule has 0 radical (unpaired) electrons. The van der Waals surface area contributed by atoms with Gasteiger partial charge in [-0.1, -0.05) is 38.8 Å². The van der Waals surface area contributed by atoms with Gasteiger partial charge >= 0.3 is 0 Å². The fourth-order valence-corrected chi connectivity index (χ4v) is 8.03. The molecule has 3 aromatic heterocycles. The Morgan fingerprint density at radius 3 is 2.37 bits per heavy atom. The van der Waals surface area contributed by atoms with Crippen LogP contribution < -0.4 is 4.90 Å². The fourth-order valence-electron chi connectivity index (χ4n) is 8.03. The van der Waals surface area contributed by atoms with E-state index in [2.05, 4.69) is 68.3 Å². The van der Waals surface area contributed by atoms with E-state index >= 15 is 0 Å². The van der Waals surface area contributed by atoms with Crippen LogP contribution in [0.2, 0.25) is 0 Å². The van der Waals surface area contributed by atoms with Gasteiger partial charge in [0.2, 0.25) is 0 Å². The van der Waals surface area contributed by atoms with Gasteiger partial charge in [0.25, 0.3) is 0 Å². The molecule has 2 bridgehead atoms. The first-order valence-electron chi connectivity index (χ1n) is 16.2. The zero-order valence-electron chi connectivity index (χ0n) is 25.8. The van der Waals surface area contributed by atoms with Gasteiger partial charge in [0.1, 0.15) is 5.82 Å². The highest BCUT2D eigenvalue weighted by Crippen LogP contribution is 2.58. The quantitative estimate of drug-likeness (QED) is 0.266. The topological polar surface area (TPSA) is 46.8 Å². The number of rotatable bonds is 9. The fraction of sp³-hybridized carbons (Fsp3) is 0.583. The summed E-state index contributed by atoms with van der Waals surface area (Å²) in [6.07, 6.45) is 23.5. The number of hydrogen-bond donors (Lipinski definition) is 0. The Bertz CT molecular complexity index is 1350. The lowest BCUT2D eigenvalue weighted by Gasteiger charge is -2.55. The molecule has 7 rings (SSSR count). The molecule has 4 aliphatic rings. The van der Waals surface area contributed by atoms with Crippen LogP contribution >= 0.6 is 0 Å². The van der Waals surface area contributed by atoms with Crippen LogP contribution in [-0.4, -0.2) is 26.3 Å². The van der Waals surface area contributed by atoms with Crippen molar-refractivity contribution in [1.82, 2.24) is 19.7 Å². The number of nitrogens with zero attached hydrogens (tertiary/aromatic N) is 5. The van der Waals surface area contributed by atoms with Crippen molar-refractivity contribution in [2.24, 2.45) is 11.3 Å². The highest BCUT2D eigenvalue weighted by molar-refractivity contribution is 5.66. The molecule has 5 nitrogen and oxygen atoms in total. The minimum Gasteiger partial charge on any atom is -0.330 e. The lowest BCUT2D eigenvalue weighted by Crippen LogP contribution is -2.50. The van der Waals surface area contributed by atoms with Gasteiger partial charge in [-0.2, -0.15) is 5.10 Å². The van der Waals surface area contributed by atoms with Crippen LogP contribution in [0.5, 0.6) is 0 Å². The normalized spacial score (nSPS) is 24.6. The second-order valence-electron chi connectivity index (χ2n) is 13.7. The molecule has 0 atom stereocenters. The third kappa shape index (κ3) is 5.49. The minimum atomic E-state index is 0.311. The maximum Gasteiger partial charge on any atom is 0.133 e. The average molecular weight is 552 g/mol. The van der Waals surface area contributed by atoms with Crippen molar-refractivity contribution in [1.29, 1.82) is 0 Å². The summed E-state index contributed by atoms with van der Waals surface area (Å²) in [4.78, 5) is 12.4. The number of anilines is 1. The van der Waals surface area contributed by atoms with Gasteiger partial charge in [0.05, 0.1) is 6.20 Å². The van der Waals surface area contributed by atoms with E-state index < -0.39 is 0 Å². The first kappa shape index (κ1) is 28.2. The molecule has 4 saturated carbocycles. The zero-order valence-corrected chi connectivity index (χ0v) is 25.8. The number of pyridine rings is 2. The minimum absolute atomic E-state index is 0.311. The van der Waals surface area contributed by atoms with Crippen LogP contribution in [0.25, 0.3) is 11.1 Å². The number of aromatic nitrogens is 4. The smallest absolute Gasteiger partial charge is 0.133 e. The third-order valence-corrected chi connectivity index (χ3v) is 10.9. The van der Waals surface area contributed by atoms with Crippen molar-refractivity contribution >= 4 is 5.82 Å². The number of fused-ring (bicyclic) bond motifs is 3. The van der Waals surface area contributed by atoms with Crippen LogP contribution in [0, 0.1) is 18.3 Å². The molecule has 41 heavy (non-hydrogen) atoms. The van der Waals surface area contributed by atoms with E-state index in [0.29, 0.717) is 22.8 Å². The molecule has 3 heterocycles. The molecular weight excluding hydrogens is 502 g/mol. The molecular formula is C36H49N5. The predicted octanol–water partition coefficient (Wildman–Crippen LogP) is 8.98. The van der Waals surface area contributed by atoms with E-state index in [1.165, 1.54) is 98.7 Å². The zero-order chi connectivity index (χ0) is 28.6. The van der Waals surface area contributed by atoms with Gasteiger partial charge in [-0.15, -0.1) is 0 Å². The molecule has 218 valence electrons. The summed E-state index contributed by atoms with van der Waals surface area (Å²) in [6, 6.07) is 7.21. The van der Waals surface area contributed by atoms with E-state index in [1.807, 2.05) is 17.1 Å². The molecule has 5 heteroatoms. The summed E-state index contributed by atoms with van der Waals surface area (Å²) in [6.45, 7) is 14.6. The van der Waals surface area contributed by atoms with Crippen LogP contribution in [0.3, 0.4) is 0 Å². The van der Waals surface area contributed by atoms with Crippen molar-refractivity contribution in [3.63, 3.8) is 0 Å². The Balaban J connectivity index is 1.27. The van der Waals surface area contributed by atoms with Crippen LogP contribution in [0.15, 0.2) is 55.3 Å². The molecule has 4 aliphatic carbocycles. The Hall–Kier alpha value is -2.95. The molecule has 0 aliphatic heterocycles. The largest absolute Gasteiger partial charge is 0.330 e. The lowest BCUT2D eigenvalue weighted by molar-refractivity contribution is 0.0457. The molecule has 0 N–H and O–H groups in total.